The van der Waals surface area contributed by atoms with Crippen molar-refractivity contribution >= 4 is 11.9 Å². The fourth-order valence-electron chi connectivity index (χ4n) is 2.66. The maximum atomic E-state index is 12.1. The van der Waals surface area contributed by atoms with E-state index >= 15 is 0 Å². The molecule has 2 aliphatic carbocycles. The van der Waals surface area contributed by atoms with Gasteiger partial charge in [-0.1, -0.05) is 57.2 Å². The van der Waals surface area contributed by atoms with Gasteiger partial charge in [0.05, 0.1) is 11.1 Å². The Morgan fingerprint density at radius 2 is 1.80 bits per heavy atom. The minimum Gasteiger partial charge on any atom is -0.386 e. The molecule has 0 saturated carbocycles. The van der Waals surface area contributed by atoms with E-state index in [9.17, 15) is 9.59 Å². The molecule has 0 amide bonds. The molecule has 1 heterocycles. The van der Waals surface area contributed by atoms with Gasteiger partial charge in [0.1, 0.15) is 0 Å². The number of hydrogen-bond acceptors (Lipinski definition) is 3. The molecule has 0 aromatic rings. The van der Waals surface area contributed by atoms with E-state index in [1.165, 1.54) is 0 Å². The molecule has 1 aliphatic heterocycles. The smallest absolute Gasteiger partial charge is 0.346 e. The van der Waals surface area contributed by atoms with Crippen LogP contribution in [-0.4, -0.2) is 11.9 Å². The van der Waals surface area contributed by atoms with Crippen LogP contribution in [0, 0.1) is 11.3 Å². The largest absolute Gasteiger partial charge is 0.386 e. The van der Waals surface area contributed by atoms with Gasteiger partial charge in [-0.05, 0) is 11.5 Å². The summed E-state index contributed by atoms with van der Waals surface area (Å²) in [6.45, 7) is 6.03. The molecule has 0 bridgehead atoms. The third-order valence-corrected chi connectivity index (χ3v) is 3.67. The van der Waals surface area contributed by atoms with E-state index in [0.717, 1.165) is 5.57 Å². The molecule has 1 saturated heterocycles. The van der Waals surface area contributed by atoms with Crippen LogP contribution in [0.15, 0.2) is 58.7 Å². The van der Waals surface area contributed by atoms with E-state index in [1.54, 1.807) is 0 Å². The second kappa shape index (κ2) is 4.17. The highest BCUT2D eigenvalue weighted by atomic mass is 16.6. The molecule has 0 aromatic heterocycles. The van der Waals surface area contributed by atoms with Gasteiger partial charge in [0, 0.05) is 11.0 Å². The zero-order chi connectivity index (χ0) is 14.5. The van der Waals surface area contributed by atoms with Gasteiger partial charge in [-0.15, -0.1) is 0 Å². The Hall–Kier alpha value is -2.16. The Kier molecular flexibility index (Phi) is 2.68. The summed E-state index contributed by atoms with van der Waals surface area (Å²) in [5.41, 5.74) is 2.31. The first-order valence-corrected chi connectivity index (χ1v) is 6.71. The first-order chi connectivity index (χ1) is 9.37. The second-order valence-electron chi connectivity index (χ2n) is 6.02. The summed E-state index contributed by atoms with van der Waals surface area (Å²) < 4.78 is 4.89. The van der Waals surface area contributed by atoms with Gasteiger partial charge in [0.25, 0.3) is 0 Å². The monoisotopic (exact) mass is 268 g/mol. The fourth-order valence-corrected chi connectivity index (χ4v) is 2.66. The predicted molar refractivity (Wildman–Crippen MR) is 75.5 cm³/mol. The van der Waals surface area contributed by atoms with Crippen LogP contribution in [0.1, 0.15) is 20.8 Å². The number of cyclic esters (lactones) is 2. The minimum absolute atomic E-state index is 0.125. The first kappa shape index (κ1) is 12.9. The van der Waals surface area contributed by atoms with Crippen molar-refractivity contribution in [3.63, 3.8) is 0 Å². The van der Waals surface area contributed by atoms with Crippen LogP contribution in [0.3, 0.4) is 0 Å². The van der Waals surface area contributed by atoms with E-state index in [0.29, 0.717) is 16.7 Å². The number of allylic oxidation sites excluding steroid dienone is 7. The SMILES string of the molecule is CC1C=CC2=C3C(=C1)C(=O)OC(=O)C3=CC(C)(C)C=C2. The van der Waals surface area contributed by atoms with Crippen LogP contribution in [0.25, 0.3) is 0 Å². The molecule has 3 aliphatic rings. The quantitative estimate of drug-likeness (QED) is 0.501. The standard InChI is InChI=1S/C17H16O3/c1-10-4-5-11-6-7-17(2,3)9-13-14(11)12(8-10)15(18)20-16(13)19/h4-10H,1-3H3. The summed E-state index contributed by atoms with van der Waals surface area (Å²) in [5.74, 6) is -0.983. The van der Waals surface area contributed by atoms with Gasteiger partial charge in [0.2, 0.25) is 0 Å². The number of esters is 2. The molecule has 3 nitrogen and oxygen atoms in total. The van der Waals surface area contributed by atoms with Crippen LogP contribution in [0.2, 0.25) is 0 Å². The predicted octanol–water partition coefficient (Wildman–Crippen LogP) is 3.02. The van der Waals surface area contributed by atoms with Crippen LogP contribution in [0.5, 0.6) is 0 Å². The van der Waals surface area contributed by atoms with Gasteiger partial charge >= 0.3 is 11.9 Å². The Bertz CT molecular complexity index is 666. The molecule has 3 heteroatoms. The van der Waals surface area contributed by atoms with Gasteiger partial charge < -0.3 is 4.74 Å². The number of ether oxygens (including phenoxy) is 1. The van der Waals surface area contributed by atoms with Crippen molar-refractivity contribution in [2.45, 2.75) is 20.8 Å². The van der Waals surface area contributed by atoms with Crippen molar-refractivity contribution in [2.75, 3.05) is 0 Å². The lowest BCUT2D eigenvalue weighted by molar-refractivity contribution is -0.154. The lowest BCUT2D eigenvalue weighted by Crippen LogP contribution is -2.27. The molecular formula is C17H16O3. The summed E-state index contributed by atoms with van der Waals surface area (Å²) >= 11 is 0. The van der Waals surface area contributed by atoms with Crippen molar-refractivity contribution in [3.8, 4) is 0 Å². The summed E-state index contributed by atoms with van der Waals surface area (Å²) in [6, 6.07) is 0. The molecule has 102 valence electrons. The van der Waals surface area contributed by atoms with Gasteiger partial charge in [0.15, 0.2) is 0 Å². The molecular weight excluding hydrogens is 252 g/mol. The zero-order valence-corrected chi connectivity index (χ0v) is 11.8. The number of carbonyl (C=O) groups is 2. The minimum atomic E-state index is -0.556. The summed E-state index contributed by atoms with van der Waals surface area (Å²) in [6.07, 6.45) is 11.7. The van der Waals surface area contributed by atoms with Crippen LogP contribution >= 0.6 is 0 Å². The van der Waals surface area contributed by atoms with E-state index in [4.69, 9.17) is 4.74 Å². The molecule has 0 radical (unpaired) electrons. The first-order valence-electron chi connectivity index (χ1n) is 6.71. The van der Waals surface area contributed by atoms with Gasteiger partial charge in [-0.2, -0.15) is 0 Å². The topological polar surface area (TPSA) is 43.4 Å². The van der Waals surface area contributed by atoms with E-state index in [-0.39, 0.29) is 11.3 Å². The van der Waals surface area contributed by atoms with Gasteiger partial charge in [-0.3, -0.25) is 0 Å². The Morgan fingerprint density at radius 1 is 1.10 bits per heavy atom. The number of hydrogen-bond donors (Lipinski definition) is 0. The fraction of sp³-hybridized carbons (Fsp3) is 0.294. The highest BCUT2D eigenvalue weighted by molar-refractivity contribution is 6.14. The molecule has 0 N–H and O–H groups in total. The average molecular weight is 268 g/mol. The summed E-state index contributed by atoms with van der Waals surface area (Å²) in [7, 11) is 0. The van der Waals surface area contributed by atoms with Crippen LogP contribution in [0.4, 0.5) is 0 Å². The van der Waals surface area contributed by atoms with E-state index in [2.05, 4.69) is 0 Å². The number of carbonyl (C=O) groups excluding carboxylic acids is 2. The normalized spacial score (nSPS) is 27.2. The molecule has 0 aromatic carbocycles. The summed E-state index contributed by atoms with van der Waals surface area (Å²) in [4.78, 5) is 24.1. The maximum Gasteiger partial charge on any atom is 0.346 e. The highest BCUT2D eigenvalue weighted by Crippen LogP contribution is 2.39. The average Bonchev–Trinajstić information content (AvgIpc) is 2.59. The summed E-state index contributed by atoms with van der Waals surface area (Å²) in [5, 5.41) is 0. The molecule has 1 fully saturated rings. The Morgan fingerprint density at radius 3 is 2.55 bits per heavy atom. The Balaban J connectivity index is 2.31. The Labute approximate surface area is 118 Å². The van der Waals surface area contributed by atoms with E-state index in [1.807, 2.05) is 57.2 Å². The molecule has 0 spiro atoms. The third-order valence-electron chi connectivity index (χ3n) is 3.67. The van der Waals surface area contributed by atoms with Crippen LogP contribution < -0.4 is 0 Å². The highest BCUT2D eigenvalue weighted by Gasteiger charge is 2.37. The molecule has 3 rings (SSSR count). The van der Waals surface area contributed by atoms with Gasteiger partial charge in [-0.25, -0.2) is 9.59 Å². The van der Waals surface area contributed by atoms with Crippen molar-refractivity contribution in [1.82, 2.24) is 0 Å². The molecule has 20 heavy (non-hydrogen) atoms. The van der Waals surface area contributed by atoms with Crippen molar-refractivity contribution in [2.24, 2.45) is 11.3 Å². The van der Waals surface area contributed by atoms with Crippen molar-refractivity contribution in [3.05, 3.63) is 58.7 Å². The van der Waals surface area contributed by atoms with Crippen LogP contribution in [-0.2, 0) is 14.3 Å². The molecule has 1 atom stereocenters. The lowest BCUT2D eigenvalue weighted by Gasteiger charge is -2.22. The molecule has 1 unspecified atom stereocenters. The zero-order valence-electron chi connectivity index (χ0n) is 11.8. The second-order valence-corrected chi connectivity index (χ2v) is 6.02. The third kappa shape index (κ3) is 1.99. The lowest BCUT2D eigenvalue weighted by atomic mass is 9.87. The van der Waals surface area contributed by atoms with Crippen molar-refractivity contribution < 1.29 is 14.3 Å². The maximum absolute atomic E-state index is 12.1. The number of rotatable bonds is 0. The van der Waals surface area contributed by atoms with E-state index < -0.39 is 11.9 Å². The van der Waals surface area contributed by atoms with Crippen molar-refractivity contribution in [1.29, 1.82) is 0 Å².